The van der Waals surface area contributed by atoms with Crippen LogP contribution in [0, 0.1) is 0 Å². The number of unbranched alkanes of at least 4 members (excludes halogenated alkanes) is 9. The Labute approximate surface area is 152 Å². The van der Waals surface area contributed by atoms with Crippen LogP contribution in [-0.2, 0) is 33.6 Å². The van der Waals surface area contributed by atoms with Crippen molar-refractivity contribution in [2.75, 3.05) is 0 Å². The first-order valence-electron chi connectivity index (χ1n) is 8.60. The van der Waals surface area contributed by atoms with E-state index in [4.69, 9.17) is 4.55 Å². The van der Waals surface area contributed by atoms with Gasteiger partial charge in [-0.25, -0.2) is 0 Å². The molecule has 1 N–H and O–H groups in total. The fourth-order valence-corrected chi connectivity index (χ4v) is 3.12. The van der Waals surface area contributed by atoms with Gasteiger partial charge in [0.15, 0.2) is 0 Å². The fraction of sp³-hybridized carbons (Fsp3) is 0.667. The van der Waals surface area contributed by atoms with E-state index in [1.807, 2.05) is 0 Å². The molecule has 1 rings (SSSR count). The third-order valence-corrected chi connectivity index (χ3v) is 4.91. The van der Waals surface area contributed by atoms with Crippen molar-refractivity contribution in [1.29, 1.82) is 0 Å². The van der Waals surface area contributed by atoms with E-state index in [-0.39, 0.29) is 22.0 Å². The first-order chi connectivity index (χ1) is 10.5. The Kier molecular flexibility index (Phi) is 12.8. The van der Waals surface area contributed by atoms with Gasteiger partial charge in [-0.05, 0) is 30.5 Å². The SMILES string of the molecule is CCCCCCCCCCCCc1ccc(S(=O)(=O)O)cc1.[Cu]. The molecule has 1 aromatic rings. The smallest absolute Gasteiger partial charge is 0.282 e. The van der Waals surface area contributed by atoms with Crippen molar-refractivity contribution in [2.45, 2.75) is 82.4 Å². The van der Waals surface area contributed by atoms with Crippen LogP contribution in [0.1, 0.15) is 76.7 Å². The molecule has 0 aliphatic rings. The van der Waals surface area contributed by atoms with Crippen LogP contribution >= 0.6 is 0 Å². The molecule has 0 unspecified atom stereocenters. The molecule has 0 saturated carbocycles. The zero-order chi connectivity index (χ0) is 16.3. The average molecular weight is 390 g/mol. The summed E-state index contributed by atoms with van der Waals surface area (Å²) in [5, 5.41) is 0. The van der Waals surface area contributed by atoms with Gasteiger partial charge in [-0.3, -0.25) is 4.55 Å². The van der Waals surface area contributed by atoms with E-state index in [1.165, 1.54) is 69.9 Å². The van der Waals surface area contributed by atoms with Crippen LogP contribution in [0.3, 0.4) is 0 Å². The summed E-state index contributed by atoms with van der Waals surface area (Å²) in [6.45, 7) is 2.25. The molecule has 23 heavy (non-hydrogen) atoms. The van der Waals surface area contributed by atoms with E-state index in [0.717, 1.165) is 18.4 Å². The minimum atomic E-state index is -4.06. The summed E-state index contributed by atoms with van der Waals surface area (Å²) in [6.07, 6.45) is 14.1. The van der Waals surface area contributed by atoms with Crippen LogP contribution in [0.2, 0.25) is 0 Å². The molecule has 3 nitrogen and oxygen atoms in total. The Morgan fingerprint density at radius 3 is 1.65 bits per heavy atom. The van der Waals surface area contributed by atoms with Crippen LogP contribution in [0.4, 0.5) is 0 Å². The molecule has 0 aromatic heterocycles. The van der Waals surface area contributed by atoms with Gasteiger partial charge in [-0.2, -0.15) is 8.42 Å². The minimum Gasteiger partial charge on any atom is -0.282 e. The largest absolute Gasteiger partial charge is 0.294 e. The first kappa shape index (κ1) is 22.6. The molecule has 0 heterocycles. The van der Waals surface area contributed by atoms with E-state index in [9.17, 15) is 8.42 Å². The molecule has 0 aliphatic heterocycles. The molecule has 0 amide bonds. The van der Waals surface area contributed by atoms with Crippen molar-refractivity contribution >= 4 is 10.1 Å². The molecule has 0 spiro atoms. The average Bonchev–Trinajstić information content (AvgIpc) is 2.49. The Hall–Kier alpha value is -0.351. The maximum Gasteiger partial charge on any atom is 0.294 e. The predicted molar refractivity (Wildman–Crippen MR) is 91.8 cm³/mol. The van der Waals surface area contributed by atoms with Crippen LogP contribution in [0.5, 0.6) is 0 Å². The molecule has 137 valence electrons. The van der Waals surface area contributed by atoms with E-state index >= 15 is 0 Å². The van der Waals surface area contributed by atoms with Crippen LogP contribution in [0.25, 0.3) is 0 Å². The molecule has 0 saturated heterocycles. The van der Waals surface area contributed by atoms with Gasteiger partial charge in [-0.1, -0.05) is 76.8 Å². The maximum atomic E-state index is 10.9. The van der Waals surface area contributed by atoms with Gasteiger partial charge >= 0.3 is 0 Å². The van der Waals surface area contributed by atoms with Crippen molar-refractivity contribution in [1.82, 2.24) is 0 Å². The molecular formula is C18H30CuO3S. The van der Waals surface area contributed by atoms with Crippen molar-refractivity contribution in [3.63, 3.8) is 0 Å². The third-order valence-electron chi connectivity index (χ3n) is 4.04. The van der Waals surface area contributed by atoms with Gasteiger partial charge in [0.25, 0.3) is 10.1 Å². The Bertz CT molecular complexity index is 498. The molecule has 0 bridgehead atoms. The normalized spacial score (nSPS) is 11.2. The zero-order valence-corrected chi connectivity index (χ0v) is 15.8. The Morgan fingerprint density at radius 2 is 1.22 bits per heavy atom. The third kappa shape index (κ3) is 10.9. The molecule has 0 fully saturated rings. The molecule has 5 heteroatoms. The van der Waals surface area contributed by atoms with E-state index in [2.05, 4.69) is 6.92 Å². The van der Waals surface area contributed by atoms with E-state index < -0.39 is 10.1 Å². The molecule has 0 atom stereocenters. The summed E-state index contributed by atoms with van der Waals surface area (Å²) in [5.41, 5.74) is 1.13. The number of rotatable bonds is 12. The van der Waals surface area contributed by atoms with E-state index in [1.54, 1.807) is 12.1 Å². The maximum absolute atomic E-state index is 10.9. The summed E-state index contributed by atoms with van der Waals surface area (Å²) in [4.78, 5) is -0.0284. The second-order valence-corrected chi connectivity index (χ2v) is 7.47. The fourth-order valence-electron chi connectivity index (χ4n) is 2.64. The summed E-state index contributed by atoms with van der Waals surface area (Å²) in [5.74, 6) is 0. The quantitative estimate of drug-likeness (QED) is 0.296. The molecular weight excluding hydrogens is 360 g/mol. The molecule has 0 aliphatic carbocycles. The van der Waals surface area contributed by atoms with Gasteiger partial charge in [0.05, 0.1) is 4.90 Å². The van der Waals surface area contributed by atoms with Gasteiger partial charge in [0, 0.05) is 17.1 Å². The molecule has 1 radical (unpaired) electrons. The standard InChI is InChI=1S/C18H30O3S.Cu/c1-2-3-4-5-6-7-8-9-10-11-12-17-13-15-18(16-14-17)22(19,20)21;/h13-16H,2-12H2,1H3,(H,19,20,21);. The second-order valence-electron chi connectivity index (χ2n) is 6.05. The minimum absolute atomic E-state index is 0. The number of aryl methyl sites for hydroxylation is 1. The van der Waals surface area contributed by atoms with Crippen molar-refractivity contribution in [3.05, 3.63) is 29.8 Å². The Morgan fingerprint density at radius 1 is 0.783 bits per heavy atom. The number of benzene rings is 1. The summed E-state index contributed by atoms with van der Waals surface area (Å²) < 4.78 is 30.8. The summed E-state index contributed by atoms with van der Waals surface area (Å²) in [7, 11) is -4.06. The summed E-state index contributed by atoms with van der Waals surface area (Å²) >= 11 is 0. The number of hydrogen-bond acceptors (Lipinski definition) is 2. The van der Waals surface area contributed by atoms with Gasteiger partial charge < -0.3 is 0 Å². The monoisotopic (exact) mass is 389 g/mol. The van der Waals surface area contributed by atoms with Gasteiger partial charge in [-0.15, -0.1) is 0 Å². The first-order valence-corrected chi connectivity index (χ1v) is 10.0. The van der Waals surface area contributed by atoms with Crippen LogP contribution in [-0.4, -0.2) is 13.0 Å². The van der Waals surface area contributed by atoms with Crippen LogP contribution < -0.4 is 0 Å². The van der Waals surface area contributed by atoms with Crippen LogP contribution in [0.15, 0.2) is 29.2 Å². The predicted octanol–water partition coefficient (Wildman–Crippen LogP) is 5.39. The number of hydrogen-bond donors (Lipinski definition) is 1. The zero-order valence-electron chi connectivity index (χ0n) is 14.1. The van der Waals surface area contributed by atoms with Crippen molar-refractivity contribution < 1.29 is 30.0 Å². The summed E-state index contributed by atoms with van der Waals surface area (Å²) in [6, 6.07) is 6.52. The van der Waals surface area contributed by atoms with Gasteiger partial charge in [0.2, 0.25) is 0 Å². The topological polar surface area (TPSA) is 54.4 Å². The van der Waals surface area contributed by atoms with Crippen molar-refractivity contribution in [3.8, 4) is 0 Å². The van der Waals surface area contributed by atoms with Gasteiger partial charge in [0.1, 0.15) is 0 Å². The van der Waals surface area contributed by atoms with E-state index in [0.29, 0.717) is 0 Å². The molecule has 1 aromatic carbocycles. The second kappa shape index (κ2) is 13.0. The Balaban J connectivity index is 0.00000484. The van der Waals surface area contributed by atoms with Crippen molar-refractivity contribution in [2.24, 2.45) is 0 Å².